The lowest BCUT2D eigenvalue weighted by molar-refractivity contribution is -0.145. The fourth-order valence-electron chi connectivity index (χ4n) is 0.917. The van der Waals surface area contributed by atoms with Crippen molar-refractivity contribution in [2.75, 3.05) is 7.11 Å². The normalized spacial score (nSPS) is 13.0. The van der Waals surface area contributed by atoms with E-state index in [9.17, 15) is 18.0 Å². The summed E-state index contributed by atoms with van der Waals surface area (Å²) in [7, 11) is 1.43. The Hall–Kier alpha value is -0.580. The molecule has 0 aromatic heterocycles. The summed E-state index contributed by atoms with van der Waals surface area (Å²) in [5.41, 5.74) is -0.678. The molecule has 0 aromatic rings. The smallest absolute Gasteiger partial charge is 0.378 e. The van der Waals surface area contributed by atoms with Crippen molar-refractivity contribution in [2.45, 2.75) is 44.9 Å². The number of Topliss-reactive ketones (excluding diaryl/α,β-unsaturated/α-hetero) is 1. The average molecular weight is 212 g/mol. The van der Waals surface area contributed by atoms with Crippen molar-refractivity contribution in [3.63, 3.8) is 0 Å². The highest BCUT2D eigenvalue weighted by molar-refractivity contribution is 5.79. The van der Waals surface area contributed by atoms with Gasteiger partial charge < -0.3 is 4.74 Å². The maximum Gasteiger partial charge on any atom is 0.389 e. The third kappa shape index (κ3) is 6.88. The van der Waals surface area contributed by atoms with E-state index in [4.69, 9.17) is 4.74 Å². The van der Waals surface area contributed by atoms with E-state index in [1.165, 1.54) is 7.11 Å². The first-order chi connectivity index (χ1) is 6.16. The zero-order valence-electron chi connectivity index (χ0n) is 8.57. The first-order valence-corrected chi connectivity index (χ1v) is 4.30. The molecule has 0 saturated heterocycles. The fraction of sp³-hybridized carbons (Fsp3) is 0.889. The molecule has 0 aromatic carbocycles. The number of hydrogen-bond acceptors (Lipinski definition) is 2. The maximum atomic E-state index is 11.7. The molecule has 0 bridgehead atoms. The molecule has 14 heavy (non-hydrogen) atoms. The lowest BCUT2D eigenvalue weighted by atomic mass is 9.99. The van der Waals surface area contributed by atoms with Gasteiger partial charge in [-0.15, -0.1) is 0 Å². The summed E-state index contributed by atoms with van der Waals surface area (Å²) in [6.07, 6.45) is -5.76. The Kier molecular flexibility index (Phi) is 4.58. The number of halogens is 3. The van der Waals surface area contributed by atoms with Crippen LogP contribution in [0.25, 0.3) is 0 Å². The minimum absolute atomic E-state index is 0.0135. The van der Waals surface area contributed by atoms with Crippen LogP contribution in [0.2, 0.25) is 0 Å². The second kappa shape index (κ2) is 4.77. The lowest BCUT2D eigenvalue weighted by Gasteiger charge is -2.21. The minimum atomic E-state index is -4.26. The minimum Gasteiger partial charge on any atom is -0.378 e. The molecule has 0 amide bonds. The molecular formula is C9H15F3O2. The third-order valence-electron chi connectivity index (χ3n) is 1.86. The summed E-state index contributed by atoms with van der Waals surface area (Å²) >= 11 is 0. The first-order valence-electron chi connectivity index (χ1n) is 4.30. The van der Waals surface area contributed by atoms with Crippen LogP contribution >= 0.6 is 0 Å². The lowest BCUT2D eigenvalue weighted by Crippen LogP contribution is -2.27. The van der Waals surface area contributed by atoms with Gasteiger partial charge in [-0.2, -0.15) is 13.2 Å². The van der Waals surface area contributed by atoms with E-state index >= 15 is 0 Å². The molecule has 0 radical (unpaired) electrons. The van der Waals surface area contributed by atoms with E-state index in [1.807, 2.05) is 0 Å². The van der Waals surface area contributed by atoms with Crippen molar-refractivity contribution in [3.05, 3.63) is 0 Å². The second-order valence-electron chi connectivity index (χ2n) is 3.79. The number of hydrogen-bond donors (Lipinski definition) is 0. The maximum absolute atomic E-state index is 11.7. The van der Waals surface area contributed by atoms with Gasteiger partial charge in [0.15, 0.2) is 0 Å². The first kappa shape index (κ1) is 13.4. The van der Waals surface area contributed by atoms with E-state index < -0.39 is 30.4 Å². The standard InChI is InChI=1S/C9H15F3O2/c1-8(2,14-3)6-7(13)4-5-9(10,11)12/h4-6H2,1-3H3. The molecule has 0 aliphatic rings. The number of carbonyl (C=O) groups is 1. The molecule has 0 N–H and O–H groups in total. The molecule has 2 nitrogen and oxygen atoms in total. The predicted molar refractivity (Wildman–Crippen MR) is 46.0 cm³/mol. The zero-order chi connectivity index (χ0) is 11.4. The SMILES string of the molecule is COC(C)(C)CC(=O)CCC(F)(F)F. The van der Waals surface area contributed by atoms with Crippen LogP contribution in [0.4, 0.5) is 13.2 Å². The molecule has 0 unspecified atom stereocenters. The number of carbonyl (C=O) groups excluding carboxylic acids is 1. The molecule has 84 valence electrons. The van der Waals surface area contributed by atoms with Crippen LogP contribution in [0.3, 0.4) is 0 Å². The van der Waals surface area contributed by atoms with Gasteiger partial charge in [0.25, 0.3) is 0 Å². The van der Waals surface area contributed by atoms with Crippen LogP contribution in [-0.4, -0.2) is 24.7 Å². The van der Waals surface area contributed by atoms with Crippen LogP contribution < -0.4 is 0 Å². The molecular weight excluding hydrogens is 197 g/mol. The van der Waals surface area contributed by atoms with E-state index in [2.05, 4.69) is 0 Å². The highest BCUT2D eigenvalue weighted by Crippen LogP contribution is 2.23. The molecule has 5 heteroatoms. The molecule has 0 saturated carbocycles. The van der Waals surface area contributed by atoms with E-state index in [0.29, 0.717) is 0 Å². The zero-order valence-corrected chi connectivity index (χ0v) is 8.57. The summed E-state index contributed by atoms with van der Waals surface area (Å²) in [5.74, 6) is -0.422. The highest BCUT2D eigenvalue weighted by atomic mass is 19.4. The Labute approximate surface area is 81.4 Å². The van der Waals surface area contributed by atoms with Crippen molar-refractivity contribution in [1.82, 2.24) is 0 Å². The van der Waals surface area contributed by atoms with Crippen molar-refractivity contribution >= 4 is 5.78 Å². The predicted octanol–water partition coefficient (Wildman–Crippen LogP) is 2.71. The molecule has 0 spiro atoms. The molecule has 0 atom stereocenters. The van der Waals surface area contributed by atoms with Gasteiger partial charge in [0.2, 0.25) is 0 Å². The summed E-state index contributed by atoms with van der Waals surface area (Å²) < 4.78 is 40.2. The Balaban J connectivity index is 3.89. The quantitative estimate of drug-likeness (QED) is 0.700. The Bertz CT molecular complexity index is 197. The van der Waals surface area contributed by atoms with Crippen LogP contribution in [0, 0.1) is 0 Å². The highest BCUT2D eigenvalue weighted by Gasteiger charge is 2.29. The third-order valence-corrected chi connectivity index (χ3v) is 1.86. The largest absolute Gasteiger partial charge is 0.389 e. The van der Waals surface area contributed by atoms with Crippen molar-refractivity contribution in [2.24, 2.45) is 0 Å². The molecule has 0 rings (SSSR count). The van der Waals surface area contributed by atoms with Crippen LogP contribution in [0.5, 0.6) is 0 Å². The Morgan fingerprint density at radius 1 is 1.29 bits per heavy atom. The molecule has 0 fully saturated rings. The van der Waals surface area contributed by atoms with Gasteiger partial charge in [0.05, 0.1) is 12.0 Å². The number of ketones is 1. The second-order valence-corrected chi connectivity index (χ2v) is 3.79. The van der Waals surface area contributed by atoms with Crippen LogP contribution in [-0.2, 0) is 9.53 Å². The van der Waals surface area contributed by atoms with Crippen molar-refractivity contribution < 1.29 is 22.7 Å². The topological polar surface area (TPSA) is 26.3 Å². The Morgan fingerprint density at radius 2 is 1.79 bits per heavy atom. The summed E-state index contributed by atoms with van der Waals surface area (Å²) in [5, 5.41) is 0. The van der Waals surface area contributed by atoms with Gasteiger partial charge in [0, 0.05) is 20.0 Å². The summed E-state index contributed by atoms with van der Waals surface area (Å²) in [4.78, 5) is 11.1. The van der Waals surface area contributed by atoms with E-state index in [-0.39, 0.29) is 6.42 Å². The van der Waals surface area contributed by atoms with Gasteiger partial charge in [-0.1, -0.05) is 0 Å². The van der Waals surface area contributed by atoms with Crippen molar-refractivity contribution in [3.8, 4) is 0 Å². The van der Waals surface area contributed by atoms with Gasteiger partial charge in [-0.3, -0.25) is 4.79 Å². The number of rotatable bonds is 5. The molecule has 0 heterocycles. The van der Waals surface area contributed by atoms with Crippen LogP contribution in [0.15, 0.2) is 0 Å². The average Bonchev–Trinajstić information content (AvgIpc) is 1.99. The van der Waals surface area contributed by atoms with Gasteiger partial charge in [-0.25, -0.2) is 0 Å². The monoisotopic (exact) mass is 212 g/mol. The van der Waals surface area contributed by atoms with Crippen LogP contribution in [0.1, 0.15) is 33.1 Å². The van der Waals surface area contributed by atoms with Gasteiger partial charge in [0.1, 0.15) is 5.78 Å². The van der Waals surface area contributed by atoms with Gasteiger partial charge >= 0.3 is 6.18 Å². The summed E-state index contributed by atoms with van der Waals surface area (Å²) in [6, 6.07) is 0. The number of ether oxygens (including phenoxy) is 1. The number of alkyl halides is 3. The molecule has 0 aliphatic heterocycles. The fourth-order valence-corrected chi connectivity index (χ4v) is 0.917. The van der Waals surface area contributed by atoms with Gasteiger partial charge in [-0.05, 0) is 13.8 Å². The van der Waals surface area contributed by atoms with E-state index in [0.717, 1.165) is 0 Å². The number of methoxy groups -OCH3 is 1. The van der Waals surface area contributed by atoms with E-state index in [1.54, 1.807) is 13.8 Å². The molecule has 0 aliphatic carbocycles. The Morgan fingerprint density at radius 3 is 2.14 bits per heavy atom. The van der Waals surface area contributed by atoms with Crippen molar-refractivity contribution in [1.29, 1.82) is 0 Å². The summed E-state index contributed by atoms with van der Waals surface area (Å²) in [6.45, 7) is 3.33.